The van der Waals surface area contributed by atoms with Crippen LogP contribution in [0.4, 0.5) is 0 Å². The maximum atomic E-state index is 12.1. The number of carbonyl (C=O) groups excluding carboxylic acids is 1. The summed E-state index contributed by atoms with van der Waals surface area (Å²) in [4.78, 5) is 22.9. The molecule has 5 heteroatoms. The summed E-state index contributed by atoms with van der Waals surface area (Å²) in [6.07, 6.45) is 16.0. The second-order valence-electron chi connectivity index (χ2n) is 13.5. The molecule has 0 aliphatic heterocycles. The summed E-state index contributed by atoms with van der Waals surface area (Å²) in [5.74, 6) is 3.68. The molecule has 0 aromatic rings. The normalized spacial score (nSPS) is 38.2. The summed E-state index contributed by atoms with van der Waals surface area (Å²) in [7, 11) is 0. The number of allylic oxidation sites excluding steroid dienone is 1. The molecule has 0 bridgehead atoms. The van der Waals surface area contributed by atoms with Crippen LogP contribution in [0.3, 0.4) is 0 Å². The van der Waals surface area contributed by atoms with Gasteiger partial charge in [-0.3, -0.25) is 9.59 Å². The second kappa shape index (κ2) is 12.7. The van der Waals surface area contributed by atoms with Gasteiger partial charge >= 0.3 is 63.3 Å². The fourth-order valence-corrected chi connectivity index (χ4v) is 9.21. The minimum atomic E-state index is -0.942. The first kappa shape index (κ1) is 30.9. The molecule has 4 nitrogen and oxygen atoms in total. The Morgan fingerprint density at radius 1 is 1.03 bits per heavy atom. The summed E-state index contributed by atoms with van der Waals surface area (Å²) in [6.45, 7) is 12.4. The van der Waals surface area contributed by atoms with E-state index in [1.165, 1.54) is 56.9 Å². The third-order valence-electron chi connectivity index (χ3n) is 11.1. The Morgan fingerprint density at radius 2 is 1.78 bits per heavy atom. The van der Waals surface area contributed by atoms with Gasteiger partial charge in [0.25, 0.3) is 0 Å². The van der Waals surface area contributed by atoms with Crippen molar-refractivity contribution in [3.05, 3.63) is 11.6 Å². The fourth-order valence-electron chi connectivity index (χ4n) is 9.21. The van der Waals surface area contributed by atoms with E-state index in [-0.39, 0.29) is 81.7 Å². The Kier molecular flexibility index (Phi) is 10.8. The molecule has 4 aliphatic rings. The van der Waals surface area contributed by atoms with E-state index in [9.17, 15) is 9.59 Å². The molecular formula is C31H51KO4. The first-order valence-electron chi connectivity index (χ1n) is 14.7. The van der Waals surface area contributed by atoms with Crippen LogP contribution in [-0.4, -0.2) is 74.5 Å². The number of hydrogen-bond donors (Lipinski definition) is 1. The molecule has 3 fully saturated rings. The van der Waals surface area contributed by atoms with Gasteiger partial charge in [-0.2, -0.15) is 0 Å². The van der Waals surface area contributed by atoms with E-state index in [4.69, 9.17) is 9.84 Å². The predicted molar refractivity (Wildman–Crippen MR) is 147 cm³/mol. The fraction of sp³-hybridized carbons (Fsp3) is 0.871. The molecule has 0 aromatic carbocycles. The summed E-state index contributed by atoms with van der Waals surface area (Å²) < 4.78 is 5.70. The molecule has 200 valence electrons. The summed E-state index contributed by atoms with van der Waals surface area (Å²) in [5, 5.41) is 8.84. The van der Waals surface area contributed by atoms with E-state index in [0.717, 1.165) is 54.8 Å². The van der Waals surface area contributed by atoms with Crippen molar-refractivity contribution in [3.8, 4) is 0 Å². The Labute approximate surface area is 262 Å². The van der Waals surface area contributed by atoms with Crippen molar-refractivity contribution in [3.63, 3.8) is 0 Å². The number of fused-ring (bicyclic) bond motifs is 5. The molecule has 0 heterocycles. The van der Waals surface area contributed by atoms with Gasteiger partial charge in [0.15, 0.2) is 0 Å². The Morgan fingerprint density at radius 3 is 2.47 bits per heavy atom. The molecule has 0 unspecified atom stereocenters. The summed E-state index contributed by atoms with van der Waals surface area (Å²) >= 11 is 0. The number of carboxylic acid groups (broad SMARTS) is 1. The number of carbonyl (C=O) groups is 2. The zero-order chi connectivity index (χ0) is 25.4. The van der Waals surface area contributed by atoms with E-state index in [2.05, 4.69) is 40.7 Å². The monoisotopic (exact) mass is 526 g/mol. The number of aliphatic carboxylic acids is 1. The molecule has 0 radical (unpaired) electrons. The van der Waals surface area contributed by atoms with Gasteiger partial charge in [-0.15, -0.1) is 0 Å². The van der Waals surface area contributed by atoms with Crippen LogP contribution in [0.25, 0.3) is 0 Å². The van der Waals surface area contributed by atoms with E-state index in [1.54, 1.807) is 0 Å². The van der Waals surface area contributed by atoms with Crippen molar-refractivity contribution >= 4 is 63.3 Å². The van der Waals surface area contributed by atoms with Crippen molar-refractivity contribution in [2.75, 3.05) is 0 Å². The van der Waals surface area contributed by atoms with Crippen molar-refractivity contribution in [2.45, 2.75) is 124 Å². The van der Waals surface area contributed by atoms with Crippen LogP contribution in [0.2, 0.25) is 0 Å². The van der Waals surface area contributed by atoms with Gasteiger partial charge in [-0.1, -0.05) is 65.5 Å². The van der Waals surface area contributed by atoms with E-state index in [1.807, 2.05) is 0 Å². The molecule has 1 N–H and O–H groups in total. The van der Waals surface area contributed by atoms with Crippen LogP contribution < -0.4 is 0 Å². The average Bonchev–Trinajstić information content (AvgIpc) is 3.15. The van der Waals surface area contributed by atoms with Crippen LogP contribution in [0.5, 0.6) is 0 Å². The molecule has 36 heavy (non-hydrogen) atoms. The van der Waals surface area contributed by atoms with Crippen LogP contribution in [0.15, 0.2) is 11.6 Å². The van der Waals surface area contributed by atoms with Crippen LogP contribution in [0.1, 0.15) is 118 Å². The van der Waals surface area contributed by atoms with Crippen molar-refractivity contribution in [1.29, 1.82) is 0 Å². The Balaban J connectivity index is 0.00000361. The van der Waals surface area contributed by atoms with Crippen LogP contribution in [0, 0.1) is 46.3 Å². The SMILES string of the molecule is CC(C)CCC[C@@H](C)[C@H]1CC[C@H]2[C@@H]3CC=C4C[C@@H](OC(=O)CCC(=O)O)CC[C@]4(C)[C@H]3CC[C@]12C.[KH]. The quantitative estimate of drug-likeness (QED) is 0.197. The third kappa shape index (κ3) is 6.37. The molecule has 4 rings (SSSR count). The molecule has 0 aromatic heterocycles. The Bertz CT molecular complexity index is 821. The first-order valence-corrected chi connectivity index (χ1v) is 14.7. The molecule has 0 spiro atoms. The first-order chi connectivity index (χ1) is 16.5. The van der Waals surface area contributed by atoms with Crippen molar-refractivity contribution in [1.82, 2.24) is 0 Å². The second-order valence-corrected chi connectivity index (χ2v) is 13.5. The molecule has 4 aliphatic carbocycles. The molecule has 0 saturated heterocycles. The van der Waals surface area contributed by atoms with Gasteiger partial charge in [0.1, 0.15) is 6.10 Å². The topological polar surface area (TPSA) is 63.6 Å². The van der Waals surface area contributed by atoms with Gasteiger partial charge in [-0.05, 0) is 91.3 Å². The third-order valence-corrected chi connectivity index (χ3v) is 11.1. The van der Waals surface area contributed by atoms with Crippen LogP contribution >= 0.6 is 0 Å². The van der Waals surface area contributed by atoms with E-state index >= 15 is 0 Å². The average molecular weight is 527 g/mol. The standard InChI is InChI=1S/C31H50O4.K.H/c1-20(2)7-6-8-21(3)25-11-12-26-24-10-9-22-19-23(35-29(34)14-13-28(32)33)15-17-30(22,4)27(24)16-18-31(25,26)5;;/h9,20-21,23-27H,6-8,10-19H2,1-5H3,(H,32,33);;/t21-,23+,24+,25-,26+,27+,30+,31-;;/m1../s1. The van der Waals surface area contributed by atoms with E-state index in [0.29, 0.717) is 5.41 Å². The number of esters is 1. The zero-order valence-electron chi connectivity index (χ0n) is 23.0. The van der Waals surface area contributed by atoms with Gasteiger partial charge in [0.05, 0.1) is 12.8 Å². The summed E-state index contributed by atoms with van der Waals surface area (Å²) in [5.41, 5.74) is 2.27. The number of carboxylic acids is 1. The van der Waals surface area contributed by atoms with Gasteiger partial charge in [-0.25, -0.2) is 0 Å². The molecule has 8 atom stereocenters. The van der Waals surface area contributed by atoms with Crippen molar-refractivity contribution < 1.29 is 19.4 Å². The summed E-state index contributed by atoms with van der Waals surface area (Å²) in [6, 6.07) is 0. The number of rotatable bonds is 9. The van der Waals surface area contributed by atoms with Gasteiger partial charge < -0.3 is 9.84 Å². The zero-order valence-corrected chi connectivity index (χ0v) is 23.0. The molecule has 0 amide bonds. The Hall–Kier alpha value is 0.316. The van der Waals surface area contributed by atoms with Gasteiger partial charge in [0, 0.05) is 6.42 Å². The molecular weight excluding hydrogens is 475 g/mol. The number of hydrogen-bond acceptors (Lipinski definition) is 3. The van der Waals surface area contributed by atoms with Crippen molar-refractivity contribution in [2.24, 2.45) is 46.3 Å². The predicted octanol–water partition coefficient (Wildman–Crippen LogP) is 7.16. The van der Waals surface area contributed by atoms with Gasteiger partial charge in [0.2, 0.25) is 0 Å². The molecule has 3 saturated carbocycles. The maximum absolute atomic E-state index is 12.1. The minimum absolute atomic E-state index is 0. The number of ether oxygens (including phenoxy) is 1. The van der Waals surface area contributed by atoms with Crippen LogP contribution in [-0.2, 0) is 14.3 Å². The van der Waals surface area contributed by atoms with E-state index < -0.39 is 5.97 Å².